The Morgan fingerprint density at radius 1 is 0.500 bits per heavy atom. The fourth-order valence-electron chi connectivity index (χ4n) is 4.60. The fourth-order valence-corrected chi connectivity index (χ4v) is 4.60. The van der Waals surface area contributed by atoms with Crippen LogP contribution in [0.1, 0.15) is 149 Å². The summed E-state index contributed by atoms with van der Waals surface area (Å²) in [5.41, 5.74) is 0. The highest BCUT2D eigenvalue weighted by Gasteiger charge is 2.13. The molecule has 1 N–H and O–H groups in total. The van der Waals surface area contributed by atoms with E-state index in [1.54, 1.807) is 0 Å². The standard InChI is InChI=1S/C40H64O4/c1-3-5-7-9-11-13-15-17-19-21-23-26-30-34-38(35-31-27-25-28-32-36-39(41)42)44-40(43)37-33-29-24-22-20-18-16-14-12-10-8-6-4-2/h5-8,11-14,17-20,23,26,38H,3-4,9-10,15-16,21-22,24-25,27-37H2,1-2H3,(H,41,42)/b7-5-,8-6-,13-11-,14-12-,19-17-,20-18-,26-23-. The number of unbranched alkanes of at least 4 members (excludes halogenated alkanes) is 7. The van der Waals surface area contributed by atoms with Gasteiger partial charge in [0.1, 0.15) is 6.10 Å². The van der Waals surface area contributed by atoms with Gasteiger partial charge in [0.25, 0.3) is 0 Å². The number of carbonyl (C=O) groups is 2. The van der Waals surface area contributed by atoms with E-state index >= 15 is 0 Å². The number of allylic oxidation sites excluding steroid dienone is 14. The summed E-state index contributed by atoms with van der Waals surface area (Å²) in [4.78, 5) is 23.3. The monoisotopic (exact) mass is 608 g/mol. The molecule has 0 aliphatic rings. The molecule has 0 amide bonds. The lowest BCUT2D eigenvalue weighted by atomic mass is 10.0. The lowest BCUT2D eigenvalue weighted by molar-refractivity contribution is -0.150. The van der Waals surface area contributed by atoms with Gasteiger partial charge in [0.2, 0.25) is 0 Å². The molecule has 0 aliphatic heterocycles. The van der Waals surface area contributed by atoms with Gasteiger partial charge in [0.05, 0.1) is 0 Å². The molecule has 0 aromatic heterocycles. The molecular weight excluding hydrogens is 544 g/mol. The third-order valence-electron chi connectivity index (χ3n) is 7.12. The third-order valence-corrected chi connectivity index (χ3v) is 7.12. The smallest absolute Gasteiger partial charge is 0.306 e. The van der Waals surface area contributed by atoms with Crippen molar-refractivity contribution in [3.8, 4) is 0 Å². The molecular formula is C40H64O4. The molecule has 4 heteroatoms. The van der Waals surface area contributed by atoms with Crippen molar-refractivity contribution in [2.45, 2.75) is 155 Å². The second-order valence-electron chi connectivity index (χ2n) is 11.3. The lowest BCUT2D eigenvalue weighted by Gasteiger charge is -2.17. The van der Waals surface area contributed by atoms with Crippen LogP contribution in [0.5, 0.6) is 0 Å². The van der Waals surface area contributed by atoms with Crippen molar-refractivity contribution in [1.82, 2.24) is 0 Å². The van der Waals surface area contributed by atoms with Gasteiger partial charge in [0.15, 0.2) is 0 Å². The first-order valence-corrected chi connectivity index (χ1v) is 17.6. The van der Waals surface area contributed by atoms with E-state index in [1.165, 1.54) is 0 Å². The van der Waals surface area contributed by atoms with E-state index in [1.807, 2.05) is 0 Å². The van der Waals surface area contributed by atoms with Crippen LogP contribution in [0.15, 0.2) is 85.1 Å². The van der Waals surface area contributed by atoms with Crippen LogP contribution in [0.2, 0.25) is 0 Å². The zero-order chi connectivity index (χ0) is 32.2. The molecule has 0 saturated heterocycles. The van der Waals surface area contributed by atoms with Gasteiger partial charge in [-0.05, 0) is 96.3 Å². The molecule has 0 rings (SSSR count). The zero-order valence-corrected chi connectivity index (χ0v) is 28.2. The molecule has 0 fully saturated rings. The normalized spacial score (nSPS) is 13.3. The number of carbonyl (C=O) groups excluding carboxylic acids is 1. The van der Waals surface area contributed by atoms with Crippen molar-refractivity contribution in [2.75, 3.05) is 0 Å². The molecule has 0 spiro atoms. The van der Waals surface area contributed by atoms with Crippen molar-refractivity contribution in [2.24, 2.45) is 0 Å². The Morgan fingerprint density at radius 3 is 1.48 bits per heavy atom. The number of rotatable bonds is 30. The van der Waals surface area contributed by atoms with Gasteiger partial charge in [-0.25, -0.2) is 0 Å². The molecule has 0 aromatic rings. The maximum absolute atomic E-state index is 12.6. The van der Waals surface area contributed by atoms with Gasteiger partial charge in [-0.15, -0.1) is 0 Å². The van der Waals surface area contributed by atoms with Crippen LogP contribution in [-0.4, -0.2) is 23.1 Å². The quantitative estimate of drug-likeness (QED) is 0.0500. The summed E-state index contributed by atoms with van der Waals surface area (Å²) in [7, 11) is 0. The molecule has 0 bridgehead atoms. The third kappa shape index (κ3) is 33.6. The van der Waals surface area contributed by atoms with E-state index in [0.717, 1.165) is 122 Å². The molecule has 0 aliphatic carbocycles. The highest BCUT2D eigenvalue weighted by atomic mass is 16.5. The molecule has 0 heterocycles. The summed E-state index contributed by atoms with van der Waals surface area (Å²) in [5.74, 6) is -0.789. The highest BCUT2D eigenvalue weighted by molar-refractivity contribution is 5.69. The van der Waals surface area contributed by atoms with E-state index in [0.29, 0.717) is 6.42 Å². The molecule has 248 valence electrons. The van der Waals surface area contributed by atoms with Crippen molar-refractivity contribution < 1.29 is 19.4 Å². The number of carboxylic acids is 1. The summed E-state index contributed by atoms with van der Waals surface area (Å²) in [6.07, 6.45) is 50.2. The van der Waals surface area contributed by atoms with E-state index in [-0.39, 0.29) is 18.5 Å². The number of carboxylic acid groups (broad SMARTS) is 1. The second-order valence-corrected chi connectivity index (χ2v) is 11.3. The van der Waals surface area contributed by atoms with Gasteiger partial charge in [-0.1, -0.05) is 125 Å². The summed E-state index contributed by atoms with van der Waals surface area (Å²) < 4.78 is 5.92. The molecule has 1 atom stereocenters. The zero-order valence-electron chi connectivity index (χ0n) is 28.2. The Morgan fingerprint density at radius 2 is 0.932 bits per heavy atom. The number of hydrogen-bond acceptors (Lipinski definition) is 3. The predicted molar refractivity (Wildman–Crippen MR) is 190 cm³/mol. The summed E-state index contributed by atoms with van der Waals surface area (Å²) in [6.45, 7) is 4.30. The number of hydrogen-bond donors (Lipinski definition) is 1. The number of aliphatic carboxylic acids is 1. The first kappa shape index (κ1) is 41.1. The van der Waals surface area contributed by atoms with Crippen LogP contribution in [0, 0.1) is 0 Å². The maximum atomic E-state index is 12.6. The molecule has 1 unspecified atom stereocenters. The Hall–Kier alpha value is -2.88. The minimum atomic E-state index is -0.719. The summed E-state index contributed by atoms with van der Waals surface area (Å²) >= 11 is 0. The van der Waals surface area contributed by atoms with Crippen molar-refractivity contribution in [1.29, 1.82) is 0 Å². The van der Waals surface area contributed by atoms with E-state index in [4.69, 9.17) is 9.84 Å². The minimum absolute atomic E-state index is 0.0398. The lowest BCUT2D eigenvalue weighted by Crippen LogP contribution is -2.18. The van der Waals surface area contributed by atoms with Crippen molar-refractivity contribution >= 4 is 11.9 Å². The van der Waals surface area contributed by atoms with Crippen LogP contribution in [-0.2, 0) is 14.3 Å². The minimum Gasteiger partial charge on any atom is -0.481 e. The molecule has 0 radical (unpaired) electrons. The fraction of sp³-hybridized carbons (Fsp3) is 0.600. The highest BCUT2D eigenvalue weighted by Crippen LogP contribution is 2.16. The average Bonchev–Trinajstić information content (AvgIpc) is 3.00. The first-order chi connectivity index (χ1) is 21.6. The predicted octanol–water partition coefficient (Wildman–Crippen LogP) is 12.1. The summed E-state index contributed by atoms with van der Waals surface area (Å²) in [5, 5.41) is 8.79. The number of esters is 1. The number of ether oxygens (including phenoxy) is 1. The van der Waals surface area contributed by atoms with Gasteiger partial charge in [-0.2, -0.15) is 0 Å². The Balaban J connectivity index is 4.31. The van der Waals surface area contributed by atoms with Gasteiger partial charge in [0, 0.05) is 12.8 Å². The molecule has 0 saturated carbocycles. The van der Waals surface area contributed by atoms with Crippen molar-refractivity contribution in [3.05, 3.63) is 85.1 Å². The van der Waals surface area contributed by atoms with Crippen LogP contribution in [0.4, 0.5) is 0 Å². The molecule has 4 nitrogen and oxygen atoms in total. The topological polar surface area (TPSA) is 63.6 Å². The summed E-state index contributed by atoms with van der Waals surface area (Å²) in [6, 6.07) is 0. The Kier molecular flexibility index (Phi) is 32.3. The largest absolute Gasteiger partial charge is 0.481 e. The van der Waals surface area contributed by atoms with Crippen LogP contribution >= 0.6 is 0 Å². The van der Waals surface area contributed by atoms with Crippen molar-refractivity contribution in [3.63, 3.8) is 0 Å². The second kappa shape index (κ2) is 34.6. The SMILES string of the molecule is CC/C=C\C/C=C\C/C=C\C/C=C\CCC(CCCCCCCC(=O)O)OC(=O)CCCCC/C=C\C/C=C\C/C=C\CC. The van der Waals surface area contributed by atoms with Gasteiger partial charge < -0.3 is 9.84 Å². The average molecular weight is 609 g/mol. The van der Waals surface area contributed by atoms with Crippen LogP contribution < -0.4 is 0 Å². The molecule has 44 heavy (non-hydrogen) atoms. The van der Waals surface area contributed by atoms with Gasteiger partial charge >= 0.3 is 11.9 Å². The van der Waals surface area contributed by atoms with E-state index < -0.39 is 5.97 Å². The Bertz CT molecular complexity index is 872. The maximum Gasteiger partial charge on any atom is 0.306 e. The Labute approximate surface area is 270 Å². The van der Waals surface area contributed by atoms with E-state index in [9.17, 15) is 9.59 Å². The van der Waals surface area contributed by atoms with Crippen LogP contribution in [0.3, 0.4) is 0 Å². The van der Waals surface area contributed by atoms with Crippen LogP contribution in [0.25, 0.3) is 0 Å². The van der Waals surface area contributed by atoms with Gasteiger partial charge in [-0.3, -0.25) is 9.59 Å². The first-order valence-electron chi connectivity index (χ1n) is 17.6. The van der Waals surface area contributed by atoms with E-state index in [2.05, 4.69) is 98.9 Å². The molecule has 0 aromatic carbocycles.